The van der Waals surface area contributed by atoms with Crippen LogP contribution in [0.25, 0.3) is 0 Å². The van der Waals surface area contributed by atoms with Gasteiger partial charge in [-0.2, -0.15) is 0 Å². The normalized spacial score (nSPS) is 17.2. The van der Waals surface area contributed by atoms with Crippen LogP contribution in [0.2, 0.25) is 0 Å². The summed E-state index contributed by atoms with van der Waals surface area (Å²) in [4.78, 5) is 2.35. The van der Waals surface area contributed by atoms with E-state index in [0.29, 0.717) is 11.4 Å². The Morgan fingerprint density at radius 1 is 1.06 bits per heavy atom. The zero-order valence-corrected chi connectivity index (χ0v) is 9.98. The number of hydrogen-bond acceptors (Lipinski definition) is 5. The van der Waals surface area contributed by atoms with Crippen LogP contribution in [0.1, 0.15) is 5.56 Å². The molecule has 0 aromatic heterocycles. The minimum absolute atomic E-state index is 0.608. The number of anilines is 3. The molecule has 5 nitrogen and oxygen atoms in total. The molecule has 1 aliphatic rings. The second-order valence-corrected chi connectivity index (χ2v) is 4.34. The fraction of sp³-hybridized carbons (Fsp3) is 0.500. The van der Waals surface area contributed by atoms with E-state index in [-0.39, 0.29) is 0 Å². The van der Waals surface area contributed by atoms with E-state index in [4.69, 9.17) is 21.9 Å². The highest BCUT2D eigenvalue weighted by Gasteiger charge is 2.12. The topological polar surface area (TPSA) is 90.5 Å². The third-order valence-corrected chi connectivity index (χ3v) is 3.21. The molecule has 2 rings (SSSR count). The van der Waals surface area contributed by atoms with Crippen LogP contribution < -0.4 is 17.2 Å². The largest absolute Gasteiger partial charge is 0.398 e. The Bertz CT molecular complexity index is 388. The van der Waals surface area contributed by atoms with Crippen LogP contribution >= 0.6 is 0 Å². The zero-order chi connectivity index (χ0) is 12.3. The lowest BCUT2D eigenvalue weighted by Crippen LogP contribution is -2.37. The Morgan fingerprint density at radius 3 is 2.41 bits per heavy atom. The van der Waals surface area contributed by atoms with Gasteiger partial charge in [-0.25, -0.2) is 0 Å². The molecular formula is C12H20N4O. The van der Waals surface area contributed by atoms with Crippen LogP contribution in [0, 0.1) is 0 Å². The molecule has 0 saturated carbocycles. The van der Waals surface area contributed by atoms with E-state index in [2.05, 4.69) is 4.90 Å². The Labute approximate surface area is 102 Å². The number of rotatable bonds is 3. The van der Waals surface area contributed by atoms with E-state index in [1.807, 2.05) is 6.07 Å². The molecule has 17 heavy (non-hydrogen) atoms. The van der Waals surface area contributed by atoms with Gasteiger partial charge < -0.3 is 21.9 Å². The lowest BCUT2D eigenvalue weighted by molar-refractivity contribution is 0.0385. The minimum atomic E-state index is 0.608. The van der Waals surface area contributed by atoms with Gasteiger partial charge >= 0.3 is 0 Å². The van der Waals surface area contributed by atoms with Gasteiger partial charge in [0.2, 0.25) is 0 Å². The van der Waals surface area contributed by atoms with Crippen molar-refractivity contribution < 1.29 is 4.74 Å². The third kappa shape index (κ3) is 2.81. The summed E-state index contributed by atoms with van der Waals surface area (Å²) in [6.07, 6.45) is 0.836. The first-order chi connectivity index (χ1) is 8.18. The van der Waals surface area contributed by atoms with Crippen molar-refractivity contribution in [2.24, 2.45) is 0 Å². The first kappa shape index (κ1) is 12.0. The second kappa shape index (κ2) is 5.25. The average Bonchev–Trinajstić information content (AvgIpc) is 2.35. The van der Waals surface area contributed by atoms with Crippen LogP contribution in [0.15, 0.2) is 12.1 Å². The zero-order valence-electron chi connectivity index (χ0n) is 9.98. The van der Waals surface area contributed by atoms with Crippen LogP contribution in [-0.2, 0) is 11.2 Å². The molecule has 0 unspecified atom stereocenters. The van der Waals surface area contributed by atoms with Crippen LogP contribution in [0.4, 0.5) is 17.1 Å². The van der Waals surface area contributed by atoms with Gasteiger partial charge in [-0.3, -0.25) is 4.90 Å². The molecule has 6 N–H and O–H groups in total. The molecule has 94 valence electrons. The fourth-order valence-electron chi connectivity index (χ4n) is 2.07. The number of morpholine rings is 1. The van der Waals surface area contributed by atoms with Crippen LogP contribution in [0.5, 0.6) is 0 Å². The van der Waals surface area contributed by atoms with Crippen molar-refractivity contribution in [3.63, 3.8) is 0 Å². The summed E-state index contributed by atoms with van der Waals surface area (Å²) in [5.74, 6) is 0. The van der Waals surface area contributed by atoms with Crippen molar-refractivity contribution in [3.8, 4) is 0 Å². The van der Waals surface area contributed by atoms with E-state index in [1.165, 1.54) is 0 Å². The molecule has 1 saturated heterocycles. The van der Waals surface area contributed by atoms with Crippen molar-refractivity contribution in [3.05, 3.63) is 17.7 Å². The Morgan fingerprint density at radius 2 is 1.71 bits per heavy atom. The third-order valence-electron chi connectivity index (χ3n) is 3.21. The Balaban J connectivity index is 2.00. The summed E-state index contributed by atoms with van der Waals surface area (Å²) >= 11 is 0. The highest BCUT2D eigenvalue weighted by atomic mass is 16.5. The highest BCUT2D eigenvalue weighted by molar-refractivity contribution is 5.74. The molecule has 1 heterocycles. The van der Waals surface area contributed by atoms with Gasteiger partial charge in [0.15, 0.2) is 0 Å². The second-order valence-electron chi connectivity index (χ2n) is 4.34. The van der Waals surface area contributed by atoms with Crippen molar-refractivity contribution in [2.75, 3.05) is 50.0 Å². The standard InChI is InChI=1S/C12H20N4O/c13-10-1-2-11(14)12(15)9(10)3-4-16-5-7-17-8-6-16/h1-2H,3-8,13-15H2. The van der Waals surface area contributed by atoms with Crippen molar-refractivity contribution in [2.45, 2.75) is 6.42 Å². The summed E-state index contributed by atoms with van der Waals surface area (Å²) in [6, 6.07) is 3.57. The molecule has 1 aromatic carbocycles. The summed E-state index contributed by atoms with van der Waals surface area (Å²) in [5.41, 5.74) is 20.6. The summed E-state index contributed by atoms with van der Waals surface area (Å²) < 4.78 is 5.31. The Kier molecular flexibility index (Phi) is 3.71. The van der Waals surface area contributed by atoms with Crippen LogP contribution in [0.3, 0.4) is 0 Å². The molecule has 0 radical (unpaired) electrons. The maximum Gasteiger partial charge on any atom is 0.0601 e. The maximum absolute atomic E-state index is 5.95. The van der Waals surface area contributed by atoms with Crippen molar-refractivity contribution in [1.82, 2.24) is 4.90 Å². The first-order valence-corrected chi connectivity index (χ1v) is 5.91. The van der Waals surface area contributed by atoms with Gasteiger partial charge in [0.1, 0.15) is 0 Å². The first-order valence-electron chi connectivity index (χ1n) is 5.91. The number of nitrogen functional groups attached to an aromatic ring is 3. The van der Waals surface area contributed by atoms with E-state index < -0.39 is 0 Å². The number of nitrogens with zero attached hydrogens (tertiary/aromatic N) is 1. The summed E-state index contributed by atoms with van der Waals surface area (Å²) in [7, 11) is 0. The minimum Gasteiger partial charge on any atom is -0.398 e. The van der Waals surface area contributed by atoms with Crippen molar-refractivity contribution >= 4 is 17.1 Å². The van der Waals surface area contributed by atoms with E-state index >= 15 is 0 Å². The molecule has 0 aliphatic carbocycles. The van der Waals surface area contributed by atoms with Gasteiger partial charge in [0.25, 0.3) is 0 Å². The monoisotopic (exact) mass is 236 g/mol. The lowest BCUT2D eigenvalue weighted by Gasteiger charge is -2.27. The number of ether oxygens (including phenoxy) is 1. The molecule has 1 fully saturated rings. The number of benzene rings is 1. The number of hydrogen-bond donors (Lipinski definition) is 3. The van der Waals surface area contributed by atoms with Gasteiger partial charge in [-0.05, 0) is 18.6 Å². The number of nitrogens with two attached hydrogens (primary N) is 3. The molecule has 0 spiro atoms. The van der Waals surface area contributed by atoms with E-state index in [0.717, 1.165) is 50.5 Å². The maximum atomic E-state index is 5.95. The van der Waals surface area contributed by atoms with Gasteiger partial charge in [-0.15, -0.1) is 0 Å². The van der Waals surface area contributed by atoms with E-state index in [1.54, 1.807) is 6.07 Å². The van der Waals surface area contributed by atoms with Gasteiger partial charge in [-0.1, -0.05) is 0 Å². The van der Waals surface area contributed by atoms with Crippen LogP contribution in [-0.4, -0.2) is 37.7 Å². The van der Waals surface area contributed by atoms with E-state index in [9.17, 15) is 0 Å². The predicted molar refractivity (Wildman–Crippen MR) is 70.6 cm³/mol. The quantitative estimate of drug-likeness (QED) is 0.657. The predicted octanol–water partition coefficient (Wildman–Crippen LogP) is 0.308. The molecule has 0 bridgehead atoms. The smallest absolute Gasteiger partial charge is 0.0601 e. The SMILES string of the molecule is Nc1ccc(N)c(CCN2CCOCC2)c1N. The lowest BCUT2D eigenvalue weighted by atomic mass is 10.1. The fourth-order valence-corrected chi connectivity index (χ4v) is 2.07. The highest BCUT2D eigenvalue weighted by Crippen LogP contribution is 2.26. The molecule has 0 amide bonds. The molecular weight excluding hydrogens is 216 g/mol. The van der Waals surface area contributed by atoms with Gasteiger partial charge in [0.05, 0.1) is 24.6 Å². The Hall–Kier alpha value is -1.46. The summed E-state index contributed by atoms with van der Waals surface area (Å²) in [6.45, 7) is 4.51. The molecule has 5 heteroatoms. The molecule has 0 atom stereocenters. The van der Waals surface area contributed by atoms with Gasteiger partial charge in [0, 0.05) is 30.9 Å². The molecule has 1 aliphatic heterocycles. The molecule has 1 aromatic rings. The summed E-state index contributed by atoms with van der Waals surface area (Å²) in [5, 5.41) is 0. The average molecular weight is 236 g/mol. The van der Waals surface area contributed by atoms with Crippen molar-refractivity contribution in [1.29, 1.82) is 0 Å².